The number of carboxylic acid groups (broad SMARTS) is 1. The van der Waals surface area contributed by atoms with E-state index in [9.17, 15) is 18.0 Å². The second-order valence-electron chi connectivity index (χ2n) is 5.57. The highest BCUT2D eigenvalue weighted by Gasteiger charge is 2.31. The molecule has 7 nitrogen and oxygen atoms in total. The van der Waals surface area contributed by atoms with Gasteiger partial charge in [-0.05, 0) is 23.6 Å². The molecule has 0 saturated carbocycles. The van der Waals surface area contributed by atoms with E-state index < -0.39 is 34.5 Å². The number of rotatable bonds is 6. The summed E-state index contributed by atoms with van der Waals surface area (Å²) in [6.07, 6.45) is 1.04. The summed E-state index contributed by atoms with van der Waals surface area (Å²) in [6.45, 7) is 3.05. The summed E-state index contributed by atoms with van der Waals surface area (Å²) in [5.74, 6) is -1.45. The Hall–Kier alpha value is -2.35. The Morgan fingerprint density at radius 3 is 2.54 bits per heavy atom. The summed E-state index contributed by atoms with van der Waals surface area (Å²) in [6, 6.07) is 5.38. The molecule has 1 amide bonds. The first-order valence-electron chi connectivity index (χ1n) is 7.48. The van der Waals surface area contributed by atoms with Gasteiger partial charge in [0.15, 0.2) is 0 Å². The zero-order valence-corrected chi connectivity index (χ0v) is 14.2. The summed E-state index contributed by atoms with van der Waals surface area (Å²) in [5, 5.41) is 11.4. The van der Waals surface area contributed by atoms with Crippen molar-refractivity contribution in [2.24, 2.45) is 5.92 Å². The van der Waals surface area contributed by atoms with Gasteiger partial charge in [0.05, 0.1) is 9.80 Å². The fraction of sp³-hybridized carbons (Fsp3) is 0.375. The molecule has 1 heterocycles. The first-order valence-corrected chi connectivity index (χ1v) is 8.96. The van der Waals surface area contributed by atoms with Gasteiger partial charge in [-0.3, -0.25) is 0 Å². The van der Waals surface area contributed by atoms with E-state index in [0.29, 0.717) is 12.0 Å². The van der Waals surface area contributed by atoms with Crippen LogP contribution in [-0.2, 0) is 19.4 Å². The number of hydrogen-bond donors (Lipinski definition) is 2. The van der Waals surface area contributed by atoms with E-state index >= 15 is 0 Å². The molecule has 0 aliphatic carbocycles. The molecule has 1 aliphatic rings. The minimum atomic E-state index is -3.67. The highest BCUT2D eigenvalue weighted by Crippen LogP contribution is 2.32. The lowest BCUT2D eigenvalue weighted by Crippen LogP contribution is -2.45. The lowest BCUT2D eigenvalue weighted by molar-refractivity contribution is -0.140. The van der Waals surface area contributed by atoms with Gasteiger partial charge in [-0.1, -0.05) is 38.5 Å². The number of sulfone groups is 1. The van der Waals surface area contributed by atoms with Crippen LogP contribution >= 0.6 is 0 Å². The average molecular weight is 353 g/mol. The summed E-state index contributed by atoms with van der Waals surface area (Å²) in [5.41, 5.74) is 0.541. The molecule has 0 fully saturated rings. The van der Waals surface area contributed by atoms with Crippen molar-refractivity contribution >= 4 is 28.0 Å². The van der Waals surface area contributed by atoms with E-state index in [-0.39, 0.29) is 15.7 Å². The number of amides is 1. The summed E-state index contributed by atoms with van der Waals surface area (Å²) in [7, 11) is -3.67. The minimum Gasteiger partial charge on any atom is -0.480 e. The normalized spacial score (nSPS) is 17.3. The second-order valence-corrected chi connectivity index (χ2v) is 7.54. The third-order valence-corrected chi connectivity index (χ3v) is 5.84. The van der Waals surface area contributed by atoms with Gasteiger partial charge in [-0.25, -0.2) is 18.0 Å². The Bertz CT molecular complexity index is 784. The summed E-state index contributed by atoms with van der Waals surface area (Å²) < 4.78 is 29.5. The van der Waals surface area contributed by atoms with Crippen LogP contribution in [0.25, 0.3) is 6.08 Å². The molecule has 8 heteroatoms. The van der Waals surface area contributed by atoms with Crippen molar-refractivity contribution < 1.29 is 27.9 Å². The van der Waals surface area contributed by atoms with Gasteiger partial charge in [-0.15, -0.1) is 0 Å². The van der Waals surface area contributed by atoms with Gasteiger partial charge in [0, 0.05) is 0 Å². The van der Waals surface area contributed by atoms with Crippen LogP contribution in [0.3, 0.4) is 0 Å². The van der Waals surface area contributed by atoms with E-state index in [1.807, 2.05) is 0 Å². The molecular formula is C16H19NO6S. The van der Waals surface area contributed by atoms with Crippen LogP contribution in [0, 0.1) is 5.92 Å². The fourth-order valence-electron chi connectivity index (χ4n) is 2.34. The number of aliphatic carboxylic acids is 1. The third kappa shape index (κ3) is 3.59. The van der Waals surface area contributed by atoms with Crippen molar-refractivity contribution in [1.29, 1.82) is 0 Å². The molecule has 0 aromatic heterocycles. The Kier molecular flexibility index (Phi) is 5.28. The third-order valence-electron chi connectivity index (χ3n) is 3.97. The van der Waals surface area contributed by atoms with Crippen molar-refractivity contribution in [2.75, 3.05) is 6.61 Å². The molecule has 24 heavy (non-hydrogen) atoms. The largest absolute Gasteiger partial charge is 0.480 e. The Morgan fingerprint density at radius 2 is 1.96 bits per heavy atom. The van der Waals surface area contributed by atoms with Crippen LogP contribution < -0.4 is 5.32 Å². The number of hydrogen-bond acceptors (Lipinski definition) is 5. The van der Waals surface area contributed by atoms with Crippen molar-refractivity contribution in [3.63, 3.8) is 0 Å². The topological polar surface area (TPSA) is 110 Å². The molecule has 1 aromatic rings. The summed E-state index contributed by atoms with van der Waals surface area (Å²) >= 11 is 0. The zero-order chi connectivity index (χ0) is 17.9. The van der Waals surface area contributed by atoms with Gasteiger partial charge in [0.2, 0.25) is 9.84 Å². The van der Waals surface area contributed by atoms with Crippen LogP contribution in [0.4, 0.5) is 4.79 Å². The van der Waals surface area contributed by atoms with Crippen molar-refractivity contribution in [1.82, 2.24) is 5.32 Å². The van der Waals surface area contributed by atoms with Crippen LogP contribution in [0.2, 0.25) is 0 Å². The maximum atomic E-state index is 12.3. The predicted octanol–water partition coefficient (Wildman–Crippen LogP) is 2.04. The minimum absolute atomic E-state index is 0.0331. The maximum Gasteiger partial charge on any atom is 0.408 e. The van der Waals surface area contributed by atoms with Crippen molar-refractivity contribution in [3.8, 4) is 0 Å². The molecule has 130 valence electrons. The Morgan fingerprint density at radius 1 is 1.29 bits per heavy atom. The van der Waals surface area contributed by atoms with Crippen LogP contribution in [0.5, 0.6) is 0 Å². The molecule has 0 saturated heterocycles. The van der Waals surface area contributed by atoms with Crippen LogP contribution in [-0.4, -0.2) is 38.2 Å². The number of carbonyl (C=O) groups is 2. The standard InChI is InChI=1S/C16H19NO6S/c1-3-10(2)14(15(18)19)17-16(20)23-9-12-8-11-6-4-5-7-13(11)24(12,21)22/h4-8,10,14H,3,9H2,1-2H3,(H,17,20)(H,18,19)/t10-,14-/m0/s1. The fourth-order valence-corrected chi connectivity index (χ4v) is 3.82. The second kappa shape index (κ2) is 7.04. The van der Waals surface area contributed by atoms with Crippen LogP contribution in [0.15, 0.2) is 34.1 Å². The molecule has 2 atom stereocenters. The highest BCUT2D eigenvalue weighted by molar-refractivity contribution is 7.95. The highest BCUT2D eigenvalue weighted by atomic mass is 32.2. The monoisotopic (exact) mass is 353 g/mol. The van der Waals surface area contributed by atoms with Gasteiger partial charge in [-0.2, -0.15) is 0 Å². The Balaban J connectivity index is 2.02. The first kappa shape index (κ1) is 18.0. The Labute approximate surface area is 140 Å². The van der Waals surface area contributed by atoms with Gasteiger partial charge in [0.25, 0.3) is 0 Å². The van der Waals surface area contributed by atoms with Gasteiger partial charge < -0.3 is 15.2 Å². The first-order chi connectivity index (χ1) is 11.3. The number of carbonyl (C=O) groups excluding carboxylic acids is 1. The lowest BCUT2D eigenvalue weighted by atomic mass is 10.00. The number of fused-ring (bicyclic) bond motifs is 1. The van der Waals surface area contributed by atoms with E-state index in [4.69, 9.17) is 9.84 Å². The smallest absolute Gasteiger partial charge is 0.408 e. The number of ether oxygens (including phenoxy) is 1. The number of carboxylic acids is 1. The van der Waals surface area contributed by atoms with Crippen molar-refractivity contribution in [3.05, 3.63) is 34.7 Å². The van der Waals surface area contributed by atoms with E-state index in [0.717, 1.165) is 0 Å². The van der Waals surface area contributed by atoms with E-state index in [1.54, 1.807) is 32.0 Å². The zero-order valence-electron chi connectivity index (χ0n) is 13.4. The molecule has 0 spiro atoms. The van der Waals surface area contributed by atoms with Crippen molar-refractivity contribution in [2.45, 2.75) is 31.2 Å². The van der Waals surface area contributed by atoms with Gasteiger partial charge >= 0.3 is 12.1 Å². The molecule has 0 unspecified atom stereocenters. The van der Waals surface area contributed by atoms with E-state index in [2.05, 4.69) is 5.32 Å². The lowest BCUT2D eigenvalue weighted by Gasteiger charge is -2.19. The number of alkyl carbamates (subject to hydrolysis) is 1. The maximum absolute atomic E-state index is 12.3. The van der Waals surface area contributed by atoms with Gasteiger partial charge in [0.1, 0.15) is 12.6 Å². The molecule has 2 rings (SSSR count). The summed E-state index contributed by atoms with van der Waals surface area (Å²) in [4.78, 5) is 23.1. The van der Waals surface area contributed by atoms with E-state index in [1.165, 1.54) is 12.1 Å². The average Bonchev–Trinajstić information content (AvgIpc) is 2.80. The SMILES string of the molecule is CC[C@H](C)[C@H](NC(=O)OCC1=Cc2ccccc2S1(=O)=O)C(=O)O. The number of nitrogens with one attached hydrogen (secondary N) is 1. The predicted molar refractivity (Wildman–Crippen MR) is 87.0 cm³/mol. The molecule has 0 bridgehead atoms. The molecular weight excluding hydrogens is 334 g/mol. The van der Waals surface area contributed by atoms with Crippen LogP contribution in [0.1, 0.15) is 25.8 Å². The number of benzene rings is 1. The molecule has 0 radical (unpaired) electrons. The molecule has 1 aromatic carbocycles. The molecule has 2 N–H and O–H groups in total. The quantitative estimate of drug-likeness (QED) is 0.810. The molecule has 1 aliphatic heterocycles.